The number of halogens is 1. The summed E-state index contributed by atoms with van der Waals surface area (Å²) in [5, 5.41) is 3.66. The maximum absolute atomic E-state index is 4.56. The van der Waals surface area contributed by atoms with E-state index in [1.807, 2.05) is 7.05 Å². The summed E-state index contributed by atoms with van der Waals surface area (Å²) in [6, 6.07) is 21.5. The molecule has 0 aliphatic carbocycles. The van der Waals surface area contributed by atoms with E-state index in [1.165, 1.54) is 30.8 Å². The number of hydrogen-bond acceptors (Lipinski definition) is 3. The summed E-state index contributed by atoms with van der Waals surface area (Å²) in [5.74, 6) is 1.77. The third kappa shape index (κ3) is 6.84. The maximum atomic E-state index is 4.56. The summed E-state index contributed by atoms with van der Waals surface area (Å²) in [6.45, 7) is 8.71. The normalized spacial score (nSPS) is 19.9. The van der Waals surface area contributed by atoms with Crippen molar-refractivity contribution in [3.05, 3.63) is 66.2 Å². The molecule has 6 heteroatoms. The van der Waals surface area contributed by atoms with E-state index in [0.29, 0.717) is 5.92 Å². The number of nitrogens with zero attached hydrogens (tertiary/aromatic N) is 4. The number of nitrogens with one attached hydrogen (secondary N) is 1. The van der Waals surface area contributed by atoms with Gasteiger partial charge in [-0.1, -0.05) is 48.5 Å². The maximum Gasteiger partial charge on any atom is 0.193 e. The average molecular weight is 534 g/mol. The Labute approximate surface area is 204 Å². The van der Waals surface area contributed by atoms with Crippen molar-refractivity contribution in [3.8, 4) is 0 Å². The highest BCUT2D eigenvalue weighted by atomic mass is 127. The molecule has 4 rings (SSSR count). The summed E-state index contributed by atoms with van der Waals surface area (Å²) >= 11 is 0. The summed E-state index contributed by atoms with van der Waals surface area (Å²) < 4.78 is 0. The fraction of sp³-hybridized carbons (Fsp3) is 0.480. The largest absolute Gasteiger partial charge is 0.368 e. The van der Waals surface area contributed by atoms with E-state index >= 15 is 0 Å². The second kappa shape index (κ2) is 12.3. The van der Waals surface area contributed by atoms with E-state index in [-0.39, 0.29) is 24.0 Å². The number of piperazine rings is 1. The molecule has 1 unspecified atom stereocenters. The number of para-hydroxylation sites is 1. The van der Waals surface area contributed by atoms with Crippen LogP contribution in [0.4, 0.5) is 5.69 Å². The van der Waals surface area contributed by atoms with Gasteiger partial charge in [0.15, 0.2) is 5.96 Å². The van der Waals surface area contributed by atoms with Crippen LogP contribution in [0.15, 0.2) is 65.7 Å². The van der Waals surface area contributed by atoms with Gasteiger partial charge in [0.05, 0.1) is 0 Å². The first kappa shape index (κ1) is 23.9. The Hall–Kier alpha value is -1.80. The molecule has 0 spiro atoms. The van der Waals surface area contributed by atoms with E-state index in [1.54, 1.807) is 0 Å². The van der Waals surface area contributed by atoms with Gasteiger partial charge in [0, 0.05) is 58.5 Å². The van der Waals surface area contributed by atoms with E-state index in [2.05, 4.69) is 85.7 Å². The molecule has 0 saturated carbocycles. The Kier molecular flexibility index (Phi) is 9.46. The van der Waals surface area contributed by atoms with Crippen LogP contribution >= 0.6 is 24.0 Å². The van der Waals surface area contributed by atoms with Crippen molar-refractivity contribution >= 4 is 35.6 Å². The van der Waals surface area contributed by atoms with Gasteiger partial charge < -0.3 is 20.0 Å². The summed E-state index contributed by atoms with van der Waals surface area (Å²) in [4.78, 5) is 12.0. The Morgan fingerprint density at radius 1 is 0.935 bits per heavy atom. The van der Waals surface area contributed by atoms with Gasteiger partial charge in [-0.25, -0.2) is 0 Å². The molecule has 5 nitrogen and oxygen atoms in total. The van der Waals surface area contributed by atoms with Crippen LogP contribution in [0.5, 0.6) is 0 Å². The van der Waals surface area contributed by atoms with E-state index in [4.69, 9.17) is 0 Å². The van der Waals surface area contributed by atoms with E-state index in [9.17, 15) is 0 Å². The lowest BCUT2D eigenvalue weighted by atomic mass is 10.1. The number of guanidine groups is 1. The van der Waals surface area contributed by atoms with Crippen molar-refractivity contribution in [1.29, 1.82) is 0 Å². The van der Waals surface area contributed by atoms with Gasteiger partial charge in [0.1, 0.15) is 0 Å². The molecule has 0 bridgehead atoms. The average Bonchev–Trinajstić information content (AvgIpc) is 3.28. The number of rotatable bonds is 6. The SMILES string of the molecule is CN=C(NCC1CCN(CCc2ccccc2)C1)N1CCN(c2ccccc2)CC1.I. The monoisotopic (exact) mass is 533 g/mol. The van der Waals surface area contributed by atoms with Crippen molar-refractivity contribution in [2.24, 2.45) is 10.9 Å². The Bertz CT molecular complexity index is 790. The van der Waals surface area contributed by atoms with Crippen molar-refractivity contribution in [2.45, 2.75) is 12.8 Å². The fourth-order valence-electron chi connectivity index (χ4n) is 4.60. The fourth-order valence-corrected chi connectivity index (χ4v) is 4.60. The third-order valence-corrected chi connectivity index (χ3v) is 6.39. The smallest absolute Gasteiger partial charge is 0.193 e. The van der Waals surface area contributed by atoms with Crippen LogP contribution in [0.25, 0.3) is 0 Å². The molecule has 0 aromatic heterocycles. The van der Waals surface area contributed by atoms with E-state index in [0.717, 1.165) is 51.6 Å². The summed E-state index contributed by atoms with van der Waals surface area (Å²) in [6.07, 6.45) is 2.43. The molecule has 2 aliphatic heterocycles. The van der Waals surface area contributed by atoms with Crippen LogP contribution < -0.4 is 10.2 Å². The Morgan fingerprint density at radius 2 is 1.61 bits per heavy atom. The zero-order valence-electron chi connectivity index (χ0n) is 18.6. The molecular formula is C25H36IN5. The predicted molar refractivity (Wildman–Crippen MR) is 142 cm³/mol. The number of benzene rings is 2. The van der Waals surface area contributed by atoms with Gasteiger partial charge in [-0.2, -0.15) is 0 Å². The van der Waals surface area contributed by atoms with Crippen LogP contribution in [0, 0.1) is 5.92 Å². The van der Waals surface area contributed by atoms with Gasteiger partial charge >= 0.3 is 0 Å². The highest BCUT2D eigenvalue weighted by molar-refractivity contribution is 14.0. The molecule has 0 amide bonds. The zero-order chi connectivity index (χ0) is 20.6. The summed E-state index contributed by atoms with van der Waals surface area (Å²) in [7, 11) is 1.91. The van der Waals surface area contributed by atoms with Gasteiger partial charge in [-0.05, 0) is 43.0 Å². The minimum Gasteiger partial charge on any atom is -0.368 e. The first-order valence-electron chi connectivity index (χ1n) is 11.3. The van der Waals surface area contributed by atoms with Crippen molar-refractivity contribution in [1.82, 2.24) is 15.1 Å². The first-order chi connectivity index (χ1) is 14.8. The number of anilines is 1. The number of aliphatic imine (C=N–C) groups is 1. The van der Waals surface area contributed by atoms with Gasteiger partial charge in [0.25, 0.3) is 0 Å². The summed E-state index contributed by atoms with van der Waals surface area (Å²) in [5.41, 5.74) is 2.76. The predicted octanol–water partition coefficient (Wildman–Crippen LogP) is 3.57. The van der Waals surface area contributed by atoms with E-state index < -0.39 is 0 Å². The minimum atomic E-state index is 0. The highest BCUT2D eigenvalue weighted by Gasteiger charge is 2.24. The van der Waals surface area contributed by atoms with Crippen LogP contribution in [0.1, 0.15) is 12.0 Å². The highest BCUT2D eigenvalue weighted by Crippen LogP contribution is 2.17. The lowest BCUT2D eigenvalue weighted by Gasteiger charge is -2.38. The Morgan fingerprint density at radius 3 is 2.29 bits per heavy atom. The number of hydrogen-bond donors (Lipinski definition) is 1. The molecule has 2 saturated heterocycles. The molecule has 2 aromatic carbocycles. The minimum absolute atomic E-state index is 0. The third-order valence-electron chi connectivity index (χ3n) is 6.39. The molecule has 2 heterocycles. The lowest BCUT2D eigenvalue weighted by molar-refractivity contribution is 0.325. The molecule has 1 atom stereocenters. The second-order valence-corrected chi connectivity index (χ2v) is 8.43. The van der Waals surface area contributed by atoms with Gasteiger partial charge in [-0.15, -0.1) is 24.0 Å². The number of likely N-dealkylation sites (tertiary alicyclic amines) is 1. The molecular weight excluding hydrogens is 497 g/mol. The molecule has 2 aliphatic rings. The van der Waals surface area contributed by atoms with Crippen LogP contribution in [-0.2, 0) is 6.42 Å². The van der Waals surface area contributed by atoms with Crippen LogP contribution in [0.3, 0.4) is 0 Å². The second-order valence-electron chi connectivity index (χ2n) is 8.43. The topological polar surface area (TPSA) is 34.1 Å². The molecule has 0 radical (unpaired) electrons. The van der Waals surface area contributed by atoms with Crippen LogP contribution in [0.2, 0.25) is 0 Å². The van der Waals surface area contributed by atoms with Gasteiger partial charge in [-0.3, -0.25) is 4.99 Å². The van der Waals surface area contributed by atoms with Crippen molar-refractivity contribution in [3.63, 3.8) is 0 Å². The lowest BCUT2D eigenvalue weighted by Crippen LogP contribution is -2.53. The molecule has 31 heavy (non-hydrogen) atoms. The molecule has 168 valence electrons. The van der Waals surface area contributed by atoms with Gasteiger partial charge in [0.2, 0.25) is 0 Å². The molecule has 2 fully saturated rings. The Balaban J connectivity index is 0.00000272. The quantitative estimate of drug-likeness (QED) is 0.350. The van der Waals surface area contributed by atoms with Crippen molar-refractivity contribution in [2.75, 3.05) is 64.3 Å². The van der Waals surface area contributed by atoms with Crippen LogP contribution in [-0.4, -0.2) is 75.2 Å². The first-order valence-corrected chi connectivity index (χ1v) is 11.3. The molecule has 2 aromatic rings. The zero-order valence-corrected chi connectivity index (χ0v) is 20.9. The standard InChI is InChI=1S/C25H35N5.HI/c1-26-25(30-18-16-29(17-19-30)24-10-6-3-7-11-24)27-20-23-13-15-28(21-23)14-12-22-8-4-2-5-9-22;/h2-11,23H,12-21H2,1H3,(H,26,27);1H. The molecule has 1 N–H and O–H groups in total. The van der Waals surface area contributed by atoms with Crippen molar-refractivity contribution < 1.29 is 0 Å².